The molecule has 1 saturated carbocycles. The molecule has 3 nitrogen and oxygen atoms in total. The Kier molecular flexibility index (Phi) is 4.56. The van der Waals surface area contributed by atoms with E-state index in [1.807, 2.05) is 6.92 Å². The zero-order chi connectivity index (χ0) is 11.5. The molecule has 0 aromatic rings. The summed E-state index contributed by atoms with van der Waals surface area (Å²) >= 11 is 0. The molecule has 0 heterocycles. The molecule has 3 heteroatoms. The van der Waals surface area contributed by atoms with Gasteiger partial charge in [-0.25, -0.2) is 0 Å². The van der Waals surface area contributed by atoms with E-state index in [4.69, 9.17) is 5.73 Å². The molecule has 1 aliphatic carbocycles. The van der Waals surface area contributed by atoms with Crippen LogP contribution in [0.4, 0.5) is 0 Å². The van der Waals surface area contributed by atoms with Crippen molar-refractivity contribution in [2.45, 2.75) is 51.7 Å². The second-order valence-corrected chi connectivity index (χ2v) is 5.29. The van der Waals surface area contributed by atoms with Crippen LogP contribution in [0.15, 0.2) is 0 Å². The first-order valence-corrected chi connectivity index (χ1v) is 6.15. The molecule has 1 fully saturated rings. The molecule has 15 heavy (non-hydrogen) atoms. The molecule has 0 radical (unpaired) electrons. The molecule has 1 aliphatic rings. The van der Waals surface area contributed by atoms with E-state index >= 15 is 0 Å². The van der Waals surface area contributed by atoms with E-state index in [-0.39, 0.29) is 0 Å². The first kappa shape index (κ1) is 12.9. The van der Waals surface area contributed by atoms with E-state index < -0.39 is 5.60 Å². The van der Waals surface area contributed by atoms with E-state index in [2.05, 4.69) is 18.7 Å². The van der Waals surface area contributed by atoms with Crippen molar-refractivity contribution in [3.63, 3.8) is 0 Å². The van der Waals surface area contributed by atoms with Gasteiger partial charge in [0.15, 0.2) is 0 Å². The summed E-state index contributed by atoms with van der Waals surface area (Å²) in [7, 11) is 0. The zero-order valence-corrected chi connectivity index (χ0v) is 10.4. The van der Waals surface area contributed by atoms with Crippen LogP contribution in [0.5, 0.6) is 0 Å². The molecule has 0 spiro atoms. The minimum absolute atomic E-state index is 0.346. The van der Waals surface area contributed by atoms with E-state index in [0.29, 0.717) is 12.6 Å². The van der Waals surface area contributed by atoms with Crippen molar-refractivity contribution in [1.82, 2.24) is 4.90 Å². The summed E-state index contributed by atoms with van der Waals surface area (Å²) in [4.78, 5) is 2.46. The summed E-state index contributed by atoms with van der Waals surface area (Å²) in [5.74, 6) is 0.912. The van der Waals surface area contributed by atoms with Gasteiger partial charge in [-0.05, 0) is 45.6 Å². The molecule has 2 atom stereocenters. The number of aliphatic hydroxyl groups is 1. The third kappa shape index (κ3) is 4.49. The Labute approximate surface area is 93.6 Å². The fourth-order valence-electron chi connectivity index (χ4n) is 2.10. The van der Waals surface area contributed by atoms with Crippen molar-refractivity contribution in [2.75, 3.05) is 19.6 Å². The summed E-state index contributed by atoms with van der Waals surface area (Å²) in [6, 6.07) is 0.425. The topological polar surface area (TPSA) is 49.5 Å². The second-order valence-electron chi connectivity index (χ2n) is 5.29. The van der Waals surface area contributed by atoms with Crippen molar-refractivity contribution in [1.29, 1.82) is 0 Å². The number of rotatable bonds is 7. The lowest BCUT2D eigenvalue weighted by molar-refractivity contribution is 0.0287. The first-order valence-electron chi connectivity index (χ1n) is 6.15. The highest BCUT2D eigenvalue weighted by atomic mass is 16.3. The summed E-state index contributed by atoms with van der Waals surface area (Å²) in [5.41, 5.74) is 4.83. The third-order valence-corrected chi connectivity index (χ3v) is 3.39. The van der Waals surface area contributed by atoms with E-state index in [0.717, 1.165) is 18.9 Å². The maximum atomic E-state index is 9.94. The lowest BCUT2D eigenvalue weighted by Gasteiger charge is -2.33. The number of nitrogens with two attached hydrogens (primary N) is 1. The minimum atomic E-state index is -0.712. The number of hydrogen-bond acceptors (Lipinski definition) is 3. The van der Waals surface area contributed by atoms with Crippen LogP contribution in [-0.4, -0.2) is 41.3 Å². The molecule has 3 N–H and O–H groups in total. The van der Waals surface area contributed by atoms with Crippen molar-refractivity contribution in [2.24, 2.45) is 11.7 Å². The molecule has 0 aromatic carbocycles. The molecule has 90 valence electrons. The molecule has 0 bridgehead atoms. The van der Waals surface area contributed by atoms with Crippen LogP contribution in [-0.2, 0) is 0 Å². The van der Waals surface area contributed by atoms with E-state index in [9.17, 15) is 5.11 Å². The standard InChI is InChI=1S/C12H26N2O/c1-4-14(8-11-5-6-11)10(2)7-12(3,15)9-13/h10-11,15H,4-9,13H2,1-3H3. The van der Waals surface area contributed by atoms with E-state index in [1.54, 1.807) is 0 Å². The quantitative estimate of drug-likeness (QED) is 0.669. The minimum Gasteiger partial charge on any atom is -0.389 e. The monoisotopic (exact) mass is 214 g/mol. The van der Waals surface area contributed by atoms with Gasteiger partial charge in [0.2, 0.25) is 0 Å². The Hall–Kier alpha value is -0.120. The van der Waals surface area contributed by atoms with E-state index in [1.165, 1.54) is 19.4 Å². The largest absolute Gasteiger partial charge is 0.389 e. The van der Waals surface area contributed by atoms with Gasteiger partial charge in [-0.15, -0.1) is 0 Å². The lowest BCUT2D eigenvalue weighted by atomic mass is 9.97. The smallest absolute Gasteiger partial charge is 0.0756 e. The normalized spacial score (nSPS) is 22.8. The van der Waals surface area contributed by atoms with Crippen LogP contribution >= 0.6 is 0 Å². The maximum Gasteiger partial charge on any atom is 0.0756 e. The summed E-state index contributed by atoms with van der Waals surface area (Å²) in [5, 5.41) is 9.94. The van der Waals surface area contributed by atoms with Crippen molar-refractivity contribution in [3.8, 4) is 0 Å². The third-order valence-electron chi connectivity index (χ3n) is 3.39. The van der Waals surface area contributed by atoms with Gasteiger partial charge < -0.3 is 15.7 Å². The SMILES string of the molecule is CCN(CC1CC1)C(C)CC(C)(O)CN. The maximum absolute atomic E-state index is 9.94. The highest BCUT2D eigenvalue weighted by Gasteiger charge is 2.29. The van der Waals surface area contributed by atoms with Gasteiger partial charge in [-0.3, -0.25) is 0 Å². The van der Waals surface area contributed by atoms with Crippen LogP contribution in [0.1, 0.15) is 40.0 Å². The van der Waals surface area contributed by atoms with Crippen molar-refractivity contribution in [3.05, 3.63) is 0 Å². The van der Waals surface area contributed by atoms with Crippen LogP contribution in [0, 0.1) is 5.92 Å². The van der Waals surface area contributed by atoms with Gasteiger partial charge >= 0.3 is 0 Å². The summed E-state index contributed by atoms with van der Waals surface area (Å²) < 4.78 is 0. The van der Waals surface area contributed by atoms with Gasteiger partial charge in [0.25, 0.3) is 0 Å². The zero-order valence-electron chi connectivity index (χ0n) is 10.4. The van der Waals surface area contributed by atoms with Gasteiger partial charge in [0.05, 0.1) is 5.60 Å². The van der Waals surface area contributed by atoms with Gasteiger partial charge in [0, 0.05) is 19.1 Å². The van der Waals surface area contributed by atoms with Gasteiger partial charge in [-0.1, -0.05) is 6.92 Å². The van der Waals surface area contributed by atoms with Crippen LogP contribution in [0.25, 0.3) is 0 Å². The Balaban J connectivity index is 2.37. The Morgan fingerprint density at radius 3 is 2.53 bits per heavy atom. The van der Waals surface area contributed by atoms with Gasteiger partial charge in [0.1, 0.15) is 0 Å². The molecule has 1 rings (SSSR count). The summed E-state index contributed by atoms with van der Waals surface area (Å²) in [6.45, 7) is 8.81. The molecule has 0 aromatic heterocycles. The lowest BCUT2D eigenvalue weighted by Crippen LogP contribution is -2.44. The predicted molar refractivity (Wildman–Crippen MR) is 63.7 cm³/mol. The first-order chi connectivity index (χ1) is 6.98. The predicted octanol–water partition coefficient (Wildman–Crippen LogP) is 1.21. The molecular weight excluding hydrogens is 188 g/mol. The average Bonchev–Trinajstić information content (AvgIpc) is 2.97. The molecular formula is C12H26N2O. The Bertz CT molecular complexity index is 190. The molecule has 0 saturated heterocycles. The highest BCUT2D eigenvalue weighted by Crippen LogP contribution is 2.30. The highest BCUT2D eigenvalue weighted by molar-refractivity contribution is 4.84. The Morgan fingerprint density at radius 2 is 2.13 bits per heavy atom. The number of nitrogens with zero attached hydrogens (tertiary/aromatic N) is 1. The van der Waals surface area contributed by atoms with Crippen LogP contribution < -0.4 is 5.73 Å². The molecule has 0 aliphatic heterocycles. The summed E-state index contributed by atoms with van der Waals surface area (Å²) in [6.07, 6.45) is 3.54. The Morgan fingerprint density at radius 1 is 1.53 bits per heavy atom. The molecule has 0 amide bonds. The van der Waals surface area contributed by atoms with Gasteiger partial charge in [-0.2, -0.15) is 0 Å². The van der Waals surface area contributed by atoms with Crippen molar-refractivity contribution < 1.29 is 5.11 Å². The average molecular weight is 214 g/mol. The fourth-order valence-corrected chi connectivity index (χ4v) is 2.10. The molecule has 2 unspecified atom stereocenters. The van der Waals surface area contributed by atoms with Crippen molar-refractivity contribution >= 4 is 0 Å². The van der Waals surface area contributed by atoms with Crippen LogP contribution in [0.3, 0.4) is 0 Å². The van der Waals surface area contributed by atoms with Crippen LogP contribution in [0.2, 0.25) is 0 Å². The second kappa shape index (κ2) is 5.28. The number of hydrogen-bond donors (Lipinski definition) is 2. The fraction of sp³-hybridized carbons (Fsp3) is 1.00.